The van der Waals surface area contributed by atoms with E-state index in [4.69, 9.17) is 20.0 Å². The Morgan fingerprint density at radius 2 is 0.788 bits per heavy atom. The highest BCUT2D eigenvalue weighted by Crippen LogP contribution is 2.39. The highest BCUT2D eigenvalue weighted by Gasteiger charge is 2.28. The number of hydrogen-bond acceptors (Lipinski definition) is 5. The maximum absolute atomic E-state index is 12.7. The number of rotatable bonds is 5. The highest BCUT2D eigenvalue weighted by atomic mass is 16.4. The van der Waals surface area contributed by atoms with Crippen LogP contribution in [-0.4, -0.2) is 33.9 Å². The number of aromatic carboxylic acids is 1. The van der Waals surface area contributed by atoms with E-state index in [0.29, 0.717) is 22.5 Å². The monoisotopic (exact) mass is 670 g/mol. The lowest BCUT2D eigenvalue weighted by Gasteiger charge is -2.14. The first-order valence-corrected chi connectivity index (χ1v) is 17.1. The molecule has 0 aromatic heterocycles. The summed E-state index contributed by atoms with van der Waals surface area (Å²) in [6.45, 7) is 1.89. The van der Waals surface area contributed by atoms with Crippen LogP contribution in [0, 0.1) is 6.92 Å². The minimum Gasteiger partial charge on any atom is -0.478 e. The minimum absolute atomic E-state index is 0.187. The van der Waals surface area contributed by atoms with E-state index < -0.39 is 5.97 Å². The average Bonchev–Trinajstić information content (AvgIpc) is 4.01. The van der Waals surface area contributed by atoms with E-state index in [9.17, 15) is 9.90 Å². The summed E-state index contributed by atoms with van der Waals surface area (Å²) < 4.78 is 0. The summed E-state index contributed by atoms with van der Waals surface area (Å²) >= 11 is 0. The number of fused-ring (bicyclic) bond motifs is 4. The first-order chi connectivity index (χ1) is 25.5. The molecule has 1 N–H and O–H groups in total. The second kappa shape index (κ2) is 12.7. The molecule has 0 spiro atoms. The molecule has 0 saturated heterocycles. The maximum Gasteiger partial charge on any atom is 0.336 e. The van der Waals surface area contributed by atoms with Gasteiger partial charge in [0, 0.05) is 27.9 Å². The number of nitrogens with zero attached hydrogens (tertiary/aromatic N) is 4. The van der Waals surface area contributed by atoms with Crippen molar-refractivity contribution >= 4 is 51.1 Å². The molecule has 0 radical (unpaired) electrons. The first-order valence-electron chi connectivity index (χ1n) is 17.1. The zero-order valence-corrected chi connectivity index (χ0v) is 28.2. The van der Waals surface area contributed by atoms with Crippen molar-refractivity contribution in [2.75, 3.05) is 0 Å². The molecule has 6 nitrogen and oxygen atoms in total. The van der Waals surface area contributed by atoms with Crippen molar-refractivity contribution < 1.29 is 9.90 Å². The Morgan fingerprint density at radius 1 is 0.442 bits per heavy atom. The van der Waals surface area contributed by atoms with E-state index in [-0.39, 0.29) is 5.56 Å². The summed E-state index contributed by atoms with van der Waals surface area (Å²) in [6, 6.07) is 36.0. The molecular formula is C46H30N4O2. The van der Waals surface area contributed by atoms with Gasteiger partial charge in [-0.15, -0.1) is 0 Å². The van der Waals surface area contributed by atoms with Gasteiger partial charge < -0.3 is 5.11 Å². The van der Waals surface area contributed by atoms with Crippen molar-refractivity contribution in [2.45, 2.75) is 6.92 Å². The lowest BCUT2D eigenvalue weighted by Crippen LogP contribution is -2.08. The van der Waals surface area contributed by atoms with Gasteiger partial charge in [0.05, 0.1) is 51.2 Å². The summed E-state index contributed by atoms with van der Waals surface area (Å²) in [5.74, 6) is -1.02. The molecule has 5 aliphatic heterocycles. The second-order valence-corrected chi connectivity index (χ2v) is 12.8. The Morgan fingerprint density at radius 3 is 1.15 bits per heavy atom. The molecule has 0 unspecified atom stereocenters. The molecule has 52 heavy (non-hydrogen) atoms. The number of benzene rings is 4. The van der Waals surface area contributed by atoms with Crippen molar-refractivity contribution in [1.82, 2.24) is 0 Å². The fourth-order valence-electron chi connectivity index (χ4n) is 7.12. The molecule has 246 valence electrons. The lowest BCUT2D eigenvalue weighted by molar-refractivity contribution is 0.0696. The van der Waals surface area contributed by atoms with Crippen molar-refractivity contribution in [2.24, 2.45) is 20.0 Å². The van der Waals surface area contributed by atoms with Crippen LogP contribution in [0.25, 0.3) is 22.3 Å². The lowest BCUT2D eigenvalue weighted by atomic mass is 9.93. The Balaban J connectivity index is 1.39. The van der Waals surface area contributed by atoms with Crippen molar-refractivity contribution in [3.05, 3.63) is 214 Å². The van der Waals surface area contributed by atoms with E-state index in [0.717, 1.165) is 73.2 Å². The van der Waals surface area contributed by atoms with Gasteiger partial charge >= 0.3 is 5.97 Å². The molecule has 4 aromatic carbocycles. The number of hydrogen-bond donors (Lipinski definition) is 1. The van der Waals surface area contributed by atoms with Gasteiger partial charge in [-0.1, -0.05) is 109 Å². The van der Waals surface area contributed by atoms with Crippen molar-refractivity contribution in [1.29, 1.82) is 0 Å². The van der Waals surface area contributed by atoms with Gasteiger partial charge in [-0.3, -0.25) is 0 Å². The van der Waals surface area contributed by atoms with Crippen LogP contribution < -0.4 is 0 Å². The molecule has 8 bridgehead atoms. The van der Waals surface area contributed by atoms with Crippen LogP contribution in [0.3, 0.4) is 0 Å². The fourth-order valence-corrected chi connectivity index (χ4v) is 7.12. The Hall–Kier alpha value is -7.05. The van der Waals surface area contributed by atoms with Gasteiger partial charge in [-0.2, -0.15) is 0 Å². The van der Waals surface area contributed by atoms with E-state index >= 15 is 0 Å². The fraction of sp³-hybridized carbons (Fsp3) is 0.0217. The number of allylic oxidation sites excluding steroid dienone is 12. The Kier molecular flexibility index (Phi) is 7.55. The molecule has 4 aromatic rings. The quantitative estimate of drug-likeness (QED) is 0.229. The molecule has 5 heterocycles. The van der Waals surface area contributed by atoms with Crippen LogP contribution in [0.15, 0.2) is 201 Å². The Labute approximate surface area is 301 Å². The summed E-state index contributed by atoms with van der Waals surface area (Å²) in [5, 5.41) is 10.4. The van der Waals surface area contributed by atoms with Gasteiger partial charge in [0.25, 0.3) is 0 Å². The van der Waals surface area contributed by atoms with Gasteiger partial charge in [0.1, 0.15) is 0 Å². The zero-order chi connectivity index (χ0) is 35.2. The van der Waals surface area contributed by atoms with Gasteiger partial charge in [0.2, 0.25) is 0 Å². The van der Waals surface area contributed by atoms with Crippen LogP contribution in [-0.2, 0) is 0 Å². The smallest absolute Gasteiger partial charge is 0.336 e. The van der Waals surface area contributed by atoms with Crippen LogP contribution in [0.2, 0.25) is 0 Å². The number of aryl methyl sites for hydroxylation is 1. The molecule has 0 saturated carbocycles. The van der Waals surface area contributed by atoms with Crippen LogP contribution >= 0.6 is 0 Å². The van der Waals surface area contributed by atoms with Crippen LogP contribution in [0.4, 0.5) is 0 Å². The number of carboxylic acid groups (broad SMARTS) is 1. The zero-order valence-electron chi connectivity index (χ0n) is 28.2. The highest BCUT2D eigenvalue weighted by molar-refractivity contribution is 6.40. The third-order valence-electron chi connectivity index (χ3n) is 9.47. The molecular weight excluding hydrogens is 641 g/mol. The minimum atomic E-state index is -1.02. The molecule has 5 aliphatic rings. The normalized spacial score (nSPS) is 17.3. The van der Waals surface area contributed by atoms with Crippen molar-refractivity contribution in [3.63, 3.8) is 0 Å². The predicted molar refractivity (Wildman–Crippen MR) is 211 cm³/mol. The van der Waals surface area contributed by atoms with E-state index in [1.807, 2.05) is 122 Å². The number of carboxylic acids is 1. The van der Waals surface area contributed by atoms with Crippen LogP contribution in [0.1, 0.15) is 38.2 Å². The summed E-state index contributed by atoms with van der Waals surface area (Å²) in [5.41, 5.74) is 13.6. The maximum atomic E-state index is 12.7. The largest absolute Gasteiger partial charge is 0.478 e. The molecule has 0 fully saturated rings. The second-order valence-electron chi connectivity index (χ2n) is 12.8. The summed E-state index contributed by atoms with van der Waals surface area (Å²) in [7, 11) is 0. The molecule has 0 atom stereocenters. The van der Waals surface area contributed by atoms with E-state index in [1.54, 1.807) is 6.07 Å². The first kappa shape index (κ1) is 31.0. The third kappa shape index (κ3) is 5.43. The van der Waals surface area contributed by atoms with Gasteiger partial charge in [0.15, 0.2) is 0 Å². The molecule has 9 rings (SSSR count). The standard InChI is InChI=1S/C46H30N4O2/c1-28-17-18-32(33(27-28)46(51)52)45-40-25-23-38(49-40)43(30-13-7-3-8-14-30)36-21-19-34(47-36)42(29-11-5-2-6-12-29)35-20-22-37(48-35)44(31-15-9-4-10-16-31)39-24-26-41(45)50-39/h2-27H,1H3,(H,51,52). The van der Waals surface area contributed by atoms with E-state index in [2.05, 4.69) is 36.4 Å². The average molecular weight is 671 g/mol. The van der Waals surface area contributed by atoms with Crippen molar-refractivity contribution in [3.8, 4) is 0 Å². The molecule has 0 amide bonds. The summed E-state index contributed by atoms with van der Waals surface area (Å²) in [6.07, 6.45) is 16.0. The predicted octanol–water partition coefficient (Wildman–Crippen LogP) is 9.70. The number of carbonyl (C=O) groups is 1. The van der Waals surface area contributed by atoms with Crippen LogP contribution in [0.5, 0.6) is 0 Å². The number of aliphatic imine (C=N–C) groups is 4. The van der Waals surface area contributed by atoms with Gasteiger partial charge in [-0.05, 0) is 78.3 Å². The molecule has 0 aliphatic carbocycles. The topological polar surface area (TPSA) is 86.7 Å². The summed E-state index contributed by atoms with van der Waals surface area (Å²) in [4.78, 5) is 33.8. The molecule has 6 heteroatoms. The SMILES string of the molecule is Cc1ccc(C2=C3C=CC(=N3)C(c3ccccc3)=C3C=CC(=N3)C(c3ccccc3)=C3C=CC(=N3)C(c3ccccc3)=C3C=CC2=N3)c(C(=O)O)c1. The van der Waals surface area contributed by atoms with Gasteiger partial charge in [-0.25, -0.2) is 24.8 Å². The Bertz CT molecular complexity index is 2570. The van der Waals surface area contributed by atoms with E-state index in [1.165, 1.54) is 0 Å². The third-order valence-corrected chi connectivity index (χ3v) is 9.47.